The molecule has 0 aromatic rings. The van der Waals surface area contributed by atoms with Gasteiger partial charge in [-0.3, -0.25) is 14.4 Å². The number of rotatable bonds is 7. The Hall–Kier alpha value is -1.86. The van der Waals surface area contributed by atoms with Gasteiger partial charge in [-0.1, -0.05) is 34.6 Å². The first-order valence-corrected chi connectivity index (χ1v) is 15.6. The predicted molar refractivity (Wildman–Crippen MR) is 156 cm³/mol. The zero-order valence-electron chi connectivity index (χ0n) is 26.8. The number of hydrogen-bond donors (Lipinski definition) is 0. The highest BCUT2D eigenvalue weighted by molar-refractivity contribution is 6.57. The smallest absolute Gasteiger partial charge is 0.303 e. The summed E-state index contributed by atoms with van der Waals surface area (Å²) >= 11 is 0. The van der Waals surface area contributed by atoms with Crippen LogP contribution < -0.4 is 0 Å². The number of carbonyl (C=O) groups excluding carboxylic acids is 4. The molecule has 4 aliphatic carbocycles. The van der Waals surface area contributed by atoms with Crippen LogP contribution >= 0.6 is 0 Å². The van der Waals surface area contributed by atoms with Crippen LogP contribution in [0, 0.1) is 45.3 Å². The average molecular weight is 571 g/mol. The minimum atomic E-state index is -0.893. The van der Waals surface area contributed by atoms with Gasteiger partial charge in [-0.05, 0) is 92.8 Å². The van der Waals surface area contributed by atoms with Gasteiger partial charge in [0.25, 0.3) is 0 Å². The van der Waals surface area contributed by atoms with E-state index < -0.39 is 11.3 Å². The maximum atomic E-state index is 12.6. The molecule has 0 saturated heterocycles. The molecule has 0 bridgehead atoms. The average Bonchev–Trinajstić information content (AvgIpc) is 3.20. The van der Waals surface area contributed by atoms with Gasteiger partial charge in [0.15, 0.2) is 7.85 Å². The van der Waals surface area contributed by atoms with E-state index in [0.717, 1.165) is 44.9 Å². The van der Waals surface area contributed by atoms with Crippen LogP contribution in [0.15, 0.2) is 0 Å². The molecule has 228 valence electrons. The molecule has 0 amide bonds. The molecule has 0 aliphatic heterocycles. The monoisotopic (exact) mass is 570 g/mol. The number of esters is 3. The largest absolute Gasteiger partial charge is 0.462 e. The number of carbonyl (C=O) groups is 4. The highest BCUT2D eigenvalue weighted by Gasteiger charge is 2.72. The van der Waals surface area contributed by atoms with Gasteiger partial charge < -0.3 is 19.0 Å². The second-order valence-electron chi connectivity index (χ2n) is 15.4. The lowest BCUT2D eigenvalue weighted by molar-refractivity contribution is -0.253. The molecule has 2 radical (unpaired) electrons. The van der Waals surface area contributed by atoms with Crippen molar-refractivity contribution < 1.29 is 33.4 Å². The Labute approximate surface area is 248 Å². The normalized spacial score (nSPS) is 42.5. The maximum Gasteiger partial charge on any atom is 0.303 e. The third kappa shape index (κ3) is 5.17. The summed E-state index contributed by atoms with van der Waals surface area (Å²) in [4.78, 5) is 48.7. The summed E-state index contributed by atoms with van der Waals surface area (Å²) in [5.41, 5.74) is -1.69. The summed E-state index contributed by atoms with van der Waals surface area (Å²) in [6, 6.07) is 0. The lowest BCUT2D eigenvalue weighted by Crippen LogP contribution is -2.67. The van der Waals surface area contributed by atoms with Gasteiger partial charge in [0, 0.05) is 38.0 Å². The molecule has 4 unspecified atom stereocenters. The molecule has 0 heterocycles. The molecule has 41 heavy (non-hydrogen) atoms. The molecule has 4 saturated carbocycles. The van der Waals surface area contributed by atoms with Crippen LogP contribution in [0.5, 0.6) is 0 Å². The van der Waals surface area contributed by atoms with Crippen molar-refractivity contribution in [2.45, 2.75) is 138 Å². The first-order chi connectivity index (χ1) is 18.8. The van der Waals surface area contributed by atoms with Crippen LogP contribution in [0.1, 0.15) is 120 Å². The molecular weight excluding hydrogens is 519 g/mol. The van der Waals surface area contributed by atoms with Gasteiger partial charge in [-0.2, -0.15) is 0 Å². The highest BCUT2D eigenvalue weighted by Crippen LogP contribution is 2.76. The molecule has 4 aliphatic rings. The first kappa shape index (κ1) is 32.1. The van der Waals surface area contributed by atoms with Crippen LogP contribution in [0.25, 0.3) is 0 Å². The lowest BCUT2D eigenvalue weighted by Gasteiger charge is -2.70. The van der Waals surface area contributed by atoms with E-state index >= 15 is 0 Å². The molecule has 0 aromatic carbocycles. The van der Waals surface area contributed by atoms with Gasteiger partial charge in [-0.25, -0.2) is 0 Å². The molecule has 7 nitrogen and oxygen atoms in total. The van der Waals surface area contributed by atoms with Gasteiger partial charge in [-0.15, -0.1) is 0 Å². The van der Waals surface area contributed by atoms with E-state index in [0.29, 0.717) is 18.3 Å². The minimum absolute atomic E-state index is 0.0111. The summed E-state index contributed by atoms with van der Waals surface area (Å²) in [6.45, 7) is 18.1. The Balaban J connectivity index is 1.77. The topological polar surface area (TPSA) is 96.0 Å². The Kier molecular flexibility index (Phi) is 8.37. The van der Waals surface area contributed by atoms with E-state index in [1.54, 1.807) is 0 Å². The van der Waals surface area contributed by atoms with Crippen molar-refractivity contribution in [1.29, 1.82) is 0 Å². The van der Waals surface area contributed by atoms with E-state index in [-0.39, 0.29) is 70.0 Å². The number of hydrogen-bond acceptors (Lipinski definition) is 7. The molecule has 8 heteroatoms. The van der Waals surface area contributed by atoms with Crippen molar-refractivity contribution >= 4 is 31.4 Å². The second kappa shape index (κ2) is 10.7. The third-order valence-electron chi connectivity index (χ3n) is 13.0. The molecule has 4 fully saturated rings. The lowest BCUT2D eigenvalue weighted by atomic mass is 9.35. The number of fused-ring (bicyclic) bond motifs is 5. The van der Waals surface area contributed by atoms with Crippen molar-refractivity contribution in [2.75, 3.05) is 0 Å². The third-order valence-corrected chi connectivity index (χ3v) is 13.0. The van der Waals surface area contributed by atoms with Crippen LogP contribution in [0.2, 0.25) is 0 Å². The molecule has 0 aromatic heterocycles. The Morgan fingerprint density at radius 1 is 0.805 bits per heavy atom. The first-order valence-electron chi connectivity index (χ1n) is 15.6. The number of ether oxygens (including phenoxy) is 3. The van der Waals surface area contributed by atoms with Crippen LogP contribution in [0.3, 0.4) is 0 Å². The fourth-order valence-corrected chi connectivity index (χ4v) is 11.1. The molecule has 4 rings (SSSR count). The minimum Gasteiger partial charge on any atom is -0.462 e. The zero-order valence-corrected chi connectivity index (χ0v) is 26.8. The van der Waals surface area contributed by atoms with Crippen LogP contribution in [0.4, 0.5) is 0 Å². The van der Waals surface area contributed by atoms with E-state index in [2.05, 4.69) is 34.6 Å². The fraction of sp³-hybridized carbons (Fsp3) is 0.879. The van der Waals surface area contributed by atoms with Gasteiger partial charge in [0.2, 0.25) is 0 Å². The summed E-state index contributed by atoms with van der Waals surface area (Å²) in [5, 5.41) is 0. The quantitative estimate of drug-likeness (QED) is 0.212. The maximum absolute atomic E-state index is 12.6. The van der Waals surface area contributed by atoms with E-state index in [1.807, 2.05) is 6.92 Å². The van der Waals surface area contributed by atoms with Crippen molar-refractivity contribution in [3.05, 3.63) is 0 Å². The SMILES string of the molecule is [B]C(=O)CC[C@](C)(OC(C)=O)C1CC[C@]2(C)[C@@H]1C(OC(C)=O)CC1[C@@]3(C)CC[C@H](OC(C)=O)C(C)(C)C3CC[C@]12C. The Bertz CT molecular complexity index is 1090. The molecule has 0 spiro atoms. The van der Waals surface area contributed by atoms with Crippen LogP contribution in [-0.2, 0) is 33.4 Å². The van der Waals surface area contributed by atoms with Crippen LogP contribution in [-0.4, -0.2) is 49.2 Å². The Morgan fingerprint density at radius 3 is 1.98 bits per heavy atom. The zero-order chi connectivity index (χ0) is 30.8. The van der Waals surface area contributed by atoms with E-state index in [1.165, 1.54) is 20.8 Å². The fourth-order valence-electron chi connectivity index (χ4n) is 11.1. The van der Waals surface area contributed by atoms with Crippen molar-refractivity contribution in [3.63, 3.8) is 0 Å². The molecular formula is C33H51BO7. The van der Waals surface area contributed by atoms with Crippen molar-refractivity contribution in [2.24, 2.45) is 45.3 Å². The Morgan fingerprint density at radius 2 is 1.41 bits per heavy atom. The summed E-state index contributed by atoms with van der Waals surface area (Å²) in [7, 11) is 5.55. The summed E-state index contributed by atoms with van der Waals surface area (Å²) < 4.78 is 18.1. The van der Waals surface area contributed by atoms with Gasteiger partial charge in [0.05, 0.1) is 5.68 Å². The molecule has 10 atom stereocenters. The van der Waals surface area contributed by atoms with Gasteiger partial charge >= 0.3 is 17.9 Å². The second-order valence-corrected chi connectivity index (χ2v) is 15.4. The van der Waals surface area contributed by atoms with E-state index in [9.17, 15) is 19.2 Å². The molecule has 0 N–H and O–H groups in total. The predicted octanol–water partition coefficient (Wildman–Crippen LogP) is 5.94. The van der Waals surface area contributed by atoms with Gasteiger partial charge in [0.1, 0.15) is 17.8 Å². The summed E-state index contributed by atoms with van der Waals surface area (Å²) in [5.74, 6) is -0.317. The van der Waals surface area contributed by atoms with Crippen molar-refractivity contribution in [3.8, 4) is 0 Å². The summed E-state index contributed by atoms with van der Waals surface area (Å²) in [6.07, 6.45) is 6.41. The van der Waals surface area contributed by atoms with Crippen molar-refractivity contribution in [1.82, 2.24) is 0 Å². The van der Waals surface area contributed by atoms with E-state index in [4.69, 9.17) is 22.1 Å². The standard InChI is InChI=1S/C33H51BO7/c1-19(35)39-23-18-25-30(6)14-12-26(40-20(2)36)29(4,5)24(30)11-16-31(25,7)32(8)15-10-22(28(23)32)33(9,41-21(3)37)17-13-27(34)38/h22-26,28H,10-18H2,1-9H3/t22?,23?,24?,25?,26-,28-,30-,31+,32+,33-/m0/s1. The highest BCUT2D eigenvalue weighted by atomic mass is 16.6.